The molecule has 1 atom stereocenters. The second kappa shape index (κ2) is 6.36. The van der Waals surface area contributed by atoms with Crippen LogP contribution in [0.3, 0.4) is 0 Å². The summed E-state index contributed by atoms with van der Waals surface area (Å²) in [5.41, 5.74) is 5.61. The van der Waals surface area contributed by atoms with Gasteiger partial charge in [0.2, 0.25) is 0 Å². The normalized spacial score (nSPS) is 22.6. The Labute approximate surface area is 104 Å². The zero-order chi connectivity index (χ0) is 12.9. The Kier molecular flexibility index (Phi) is 5.40. The number of nitrogens with zero attached hydrogens (tertiary/aromatic N) is 2. The molecule has 1 fully saturated rings. The molecule has 1 heterocycles. The minimum atomic E-state index is -3.41. The fourth-order valence-electron chi connectivity index (χ4n) is 2.05. The second-order valence-corrected chi connectivity index (χ2v) is 6.17. The molecule has 1 aliphatic rings. The average Bonchev–Trinajstić information content (AvgIpc) is 2.35. The molecule has 5 nitrogen and oxygen atoms in total. The van der Waals surface area contributed by atoms with Crippen molar-refractivity contribution in [3.63, 3.8) is 0 Å². The summed E-state index contributed by atoms with van der Waals surface area (Å²) < 4.78 is 27.4. The molecule has 1 unspecified atom stereocenters. The Morgan fingerprint density at radius 1 is 1.59 bits per heavy atom. The van der Waals surface area contributed by atoms with Gasteiger partial charge in [0.25, 0.3) is 10.2 Å². The smallest absolute Gasteiger partial charge is 0.282 e. The zero-order valence-electron chi connectivity index (χ0n) is 10.3. The van der Waals surface area contributed by atoms with E-state index < -0.39 is 10.2 Å². The van der Waals surface area contributed by atoms with E-state index in [4.69, 9.17) is 12.2 Å². The molecule has 17 heavy (non-hydrogen) atoms. The van der Waals surface area contributed by atoms with E-state index in [1.54, 1.807) is 6.92 Å². The van der Waals surface area contributed by atoms with Crippen molar-refractivity contribution >= 4 is 10.2 Å². The van der Waals surface area contributed by atoms with Crippen LogP contribution in [0.1, 0.15) is 19.8 Å². The molecule has 0 saturated carbocycles. The first-order valence-electron chi connectivity index (χ1n) is 5.95. The Balaban J connectivity index is 2.78. The van der Waals surface area contributed by atoms with Gasteiger partial charge in [0.1, 0.15) is 0 Å². The van der Waals surface area contributed by atoms with Crippen LogP contribution in [0.2, 0.25) is 0 Å². The van der Waals surface area contributed by atoms with E-state index in [1.807, 2.05) is 0 Å². The Morgan fingerprint density at radius 3 is 2.82 bits per heavy atom. The van der Waals surface area contributed by atoms with Gasteiger partial charge in [-0.25, -0.2) is 0 Å². The zero-order valence-corrected chi connectivity index (χ0v) is 11.1. The minimum Gasteiger partial charge on any atom is -0.330 e. The standard InChI is InChI=1S/C11H21N3O2S/c1-3-7-13(4-2)17(15,16)14-8-5-6-11(9-12)10-14/h1,11H,4-10,12H2,2H3. The van der Waals surface area contributed by atoms with Crippen LogP contribution in [0.25, 0.3) is 0 Å². The quantitative estimate of drug-likeness (QED) is 0.699. The summed E-state index contributed by atoms with van der Waals surface area (Å²) in [5.74, 6) is 2.65. The molecule has 0 radical (unpaired) electrons. The van der Waals surface area contributed by atoms with Crippen molar-refractivity contribution in [3.8, 4) is 12.3 Å². The summed E-state index contributed by atoms with van der Waals surface area (Å²) in [4.78, 5) is 0. The van der Waals surface area contributed by atoms with Gasteiger partial charge >= 0.3 is 0 Å². The number of rotatable bonds is 5. The molecule has 1 rings (SSSR count). The highest BCUT2D eigenvalue weighted by atomic mass is 32.2. The van der Waals surface area contributed by atoms with Gasteiger partial charge in [0.05, 0.1) is 6.54 Å². The fraction of sp³-hybridized carbons (Fsp3) is 0.818. The van der Waals surface area contributed by atoms with Gasteiger partial charge in [-0.1, -0.05) is 12.8 Å². The number of piperidine rings is 1. The number of terminal acetylenes is 1. The van der Waals surface area contributed by atoms with Gasteiger partial charge in [-0.15, -0.1) is 6.42 Å². The topological polar surface area (TPSA) is 66.6 Å². The molecule has 98 valence electrons. The van der Waals surface area contributed by atoms with Crippen LogP contribution in [-0.2, 0) is 10.2 Å². The Hall–Kier alpha value is -0.610. The highest BCUT2D eigenvalue weighted by Crippen LogP contribution is 2.20. The third kappa shape index (κ3) is 3.42. The van der Waals surface area contributed by atoms with Crippen LogP contribution in [0.4, 0.5) is 0 Å². The van der Waals surface area contributed by atoms with Crippen LogP contribution in [0.5, 0.6) is 0 Å². The second-order valence-electron chi connectivity index (χ2n) is 4.24. The molecule has 0 amide bonds. The van der Waals surface area contributed by atoms with E-state index in [0.717, 1.165) is 12.8 Å². The predicted octanol–water partition coefficient (Wildman–Crippen LogP) is -0.143. The van der Waals surface area contributed by atoms with Crippen molar-refractivity contribution in [3.05, 3.63) is 0 Å². The van der Waals surface area contributed by atoms with Gasteiger partial charge in [-0.05, 0) is 25.3 Å². The first kappa shape index (κ1) is 14.5. The number of nitrogens with two attached hydrogens (primary N) is 1. The molecular weight excluding hydrogens is 238 g/mol. The van der Waals surface area contributed by atoms with Crippen LogP contribution < -0.4 is 5.73 Å². The molecule has 0 aromatic heterocycles. The summed E-state index contributed by atoms with van der Waals surface area (Å²) >= 11 is 0. The SMILES string of the molecule is C#CCN(CC)S(=O)(=O)N1CCCC(CN)C1. The molecule has 0 bridgehead atoms. The minimum absolute atomic E-state index is 0.128. The highest BCUT2D eigenvalue weighted by molar-refractivity contribution is 7.86. The van der Waals surface area contributed by atoms with Crippen molar-refractivity contribution in [1.82, 2.24) is 8.61 Å². The van der Waals surface area contributed by atoms with E-state index in [9.17, 15) is 8.42 Å². The predicted molar refractivity (Wildman–Crippen MR) is 68.4 cm³/mol. The third-order valence-electron chi connectivity index (χ3n) is 3.09. The summed E-state index contributed by atoms with van der Waals surface area (Å²) in [6.45, 7) is 3.94. The summed E-state index contributed by atoms with van der Waals surface area (Å²) in [7, 11) is -3.41. The van der Waals surface area contributed by atoms with E-state index in [0.29, 0.717) is 26.2 Å². The van der Waals surface area contributed by atoms with Crippen LogP contribution in [0, 0.1) is 18.3 Å². The molecule has 0 aromatic carbocycles. The van der Waals surface area contributed by atoms with E-state index in [2.05, 4.69) is 5.92 Å². The Morgan fingerprint density at radius 2 is 2.29 bits per heavy atom. The van der Waals surface area contributed by atoms with Crippen LogP contribution in [0.15, 0.2) is 0 Å². The molecule has 0 aliphatic carbocycles. The van der Waals surface area contributed by atoms with Crippen LogP contribution in [-0.4, -0.2) is 49.8 Å². The van der Waals surface area contributed by atoms with Gasteiger partial charge in [-0.2, -0.15) is 17.0 Å². The first-order chi connectivity index (χ1) is 8.06. The maximum Gasteiger partial charge on any atom is 0.282 e. The summed E-state index contributed by atoms with van der Waals surface area (Å²) in [5, 5.41) is 0. The van der Waals surface area contributed by atoms with E-state index in [1.165, 1.54) is 8.61 Å². The van der Waals surface area contributed by atoms with Crippen LogP contribution >= 0.6 is 0 Å². The number of hydrogen-bond acceptors (Lipinski definition) is 3. The molecule has 6 heteroatoms. The van der Waals surface area contributed by atoms with Gasteiger partial charge < -0.3 is 5.73 Å². The number of hydrogen-bond donors (Lipinski definition) is 1. The van der Waals surface area contributed by atoms with E-state index >= 15 is 0 Å². The highest BCUT2D eigenvalue weighted by Gasteiger charge is 2.32. The fourth-order valence-corrected chi connectivity index (χ4v) is 3.70. The lowest BCUT2D eigenvalue weighted by Crippen LogP contribution is -2.49. The molecule has 0 spiro atoms. The monoisotopic (exact) mass is 259 g/mol. The maximum atomic E-state index is 12.3. The Bertz CT molecular complexity index is 375. The lowest BCUT2D eigenvalue weighted by Gasteiger charge is -2.34. The van der Waals surface area contributed by atoms with Crippen molar-refractivity contribution in [2.45, 2.75) is 19.8 Å². The lowest BCUT2D eigenvalue weighted by atomic mass is 10.0. The van der Waals surface area contributed by atoms with Gasteiger partial charge in [0.15, 0.2) is 0 Å². The molecule has 0 aromatic rings. The summed E-state index contributed by atoms with van der Waals surface area (Å²) in [6.07, 6.45) is 7.06. The average molecular weight is 259 g/mol. The summed E-state index contributed by atoms with van der Waals surface area (Å²) in [6, 6.07) is 0. The molecule has 1 aliphatic heterocycles. The lowest BCUT2D eigenvalue weighted by molar-refractivity contribution is 0.254. The van der Waals surface area contributed by atoms with Crippen molar-refractivity contribution in [2.75, 3.05) is 32.7 Å². The van der Waals surface area contributed by atoms with Gasteiger partial charge in [-0.3, -0.25) is 0 Å². The molecule has 2 N–H and O–H groups in total. The van der Waals surface area contributed by atoms with Gasteiger partial charge in [0, 0.05) is 19.6 Å². The molecule has 1 saturated heterocycles. The van der Waals surface area contributed by atoms with Crippen molar-refractivity contribution in [1.29, 1.82) is 0 Å². The first-order valence-corrected chi connectivity index (χ1v) is 7.34. The maximum absolute atomic E-state index is 12.3. The largest absolute Gasteiger partial charge is 0.330 e. The molecular formula is C11H21N3O2S. The van der Waals surface area contributed by atoms with Crippen molar-refractivity contribution in [2.24, 2.45) is 11.7 Å². The van der Waals surface area contributed by atoms with Crippen molar-refractivity contribution < 1.29 is 8.42 Å². The third-order valence-corrected chi connectivity index (χ3v) is 5.11. The van der Waals surface area contributed by atoms with E-state index in [-0.39, 0.29) is 12.5 Å².